The van der Waals surface area contributed by atoms with Gasteiger partial charge in [-0.15, -0.1) is 0 Å². The third-order valence-corrected chi connectivity index (χ3v) is 3.86. The van der Waals surface area contributed by atoms with E-state index in [4.69, 9.17) is 27.9 Å². The topological polar surface area (TPSA) is 34.1 Å². The van der Waals surface area contributed by atoms with Crippen LogP contribution in [-0.4, -0.2) is 11.6 Å². The number of nitrogens with zero attached hydrogens (tertiary/aromatic N) is 1. The van der Waals surface area contributed by atoms with Gasteiger partial charge >= 0.3 is 0 Å². The van der Waals surface area contributed by atoms with Gasteiger partial charge in [0.05, 0.1) is 34.6 Å². The molecule has 5 heteroatoms. The Morgan fingerprint density at radius 3 is 2.52 bits per heavy atom. The van der Waals surface area contributed by atoms with Crippen LogP contribution in [0, 0.1) is 0 Å². The fourth-order valence-electron chi connectivity index (χ4n) is 2.05. The summed E-state index contributed by atoms with van der Waals surface area (Å²) in [6.45, 7) is 4.66. The maximum absolute atomic E-state index is 6.08. The molecule has 1 N–H and O–H groups in total. The molecule has 1 aromatic carbocycles. The number of aromatic nitrogens is 1. The Hall–Kier alpha value is -1.45. The molecular weight excluding hydrogens is 307 g/mol. The van der Waals surface area contributed by atoms with Crippen molar-refractivity contribution in [2.24, 2.45) is 0 Å². The normalized spacial score (nSPS) is 12.0. The second-order valence-corrected chi connectivity index (χ2v) is 5.41. The second-order valence-electron chi connectivity index (χ2n) is 4.60. The van der Waals surface area contributed by atoms with Crippen molar-refractivity contribution < 1.29 is 4.74 Å². The van der Waals surface area contributed by atoms with E-state index in [1.807, 2.05) is 37.3 Å². The summed E-state index contributed by atoms with van der Waals surface area (Å²) >= 11 is 12.0. The third-order valence-electron chi connectivity index (χ3n) is 3.12. The van der Waals surface area contributed by atoms with Crippen LogP contribution in [0.5, 0.6) is 5.88 Å². The van der Waals surface area contributed by atoms with Gasteiger partial charge in [-0.1, -0.05) is 36.2 Å². The molecule has 0 fully saturated rings. The maximum atomic E-state index is 6.08. The van der Waals surface area contributed by atoms with Gasteiger partial charge in [0, 0.05) is 6.07 Å². The fourth-order valence-corrected chi connectivity index (χ4v) is 2.36. The van der Waals surface area contributed by atoms with Crippen molar-refractivity contribution in [1.82, 2.24) is 4.98 Å². The van der Waals surface area contributed by atoms with Crippen molar-refractivity contribution >= 4 is 28.9 Å². The molecule has 0 radical (unpaired) electrons. The Labute approximate surface area is 135 Å². The van der Waals surface area contributed by atoms with Gasteiger partial charge in [-0.05, 0) is 37.1 Å². The Balaban J connectivity index is 2.12. The lowest BCUT2D eigenvalue weighted by atomic mass is 10.0. The molecule has 1 heterocycles. The molecule has 0 bridgehead atoms. The number of rotatable bonds is 6. The summed E-state index contributed by atoms with van der Waals surface area (Å²) in [5, 5.41) is 4.58. The van der Waals surface area contributed by atoms with Crippen LogP contribution in [0.3, 0.4) is 0 Å². The fraction of sp³-hybridized carbons (Fsp3) is 0.312. The van der Waals surface area contributed by atoms with E-state index in [2.05, 4.69) is 17.2 Å². The van der Waals surface area contributed by atoms with E-state index in [1.54, 1.807) is 6.20 Å². The molecule has 0 aliphatic heterocycles. The van der Waals surface area contributed by atoms with Gasteiger partial charge in [0.25, 0.3) is 0 Å². The lowest BCUT2D eigenvalue weighted by molar-refractivity contribution is 0.327. The number of hydrogen-bond acceptors (Lipinski definition) is 3. The highest BCUT2D eigenvalue weighted by atomic mass is 35.5. The van der Waals surface area contributed by atoms with Crippen molar-refractivity contribution in [2.45, 2.75) is 26.3 Å². The van der Waals surface area contributed by atoms with Crippen molar-refractivity contribution in [3.05, 3.63) is 52.1 Å². The van der Waals surface area contributed by atoms with E-state index in [-0.39, 0.29) is 6.04 Å². The molecule has 0 aliphatic carbocycles. The van der Waals surface area contributed by atoms with Gasteiger partial charge in [-0.2, -0.15) is 0 Å². The van der Waals surface area contributed by atoms with Gasteiger partial charge in [0.15, 0.2) is 0 Å². The molecule has 0 aliphatic rings. The Morgan fingerprint density at radius 1 is 1.14 bits per heavy atom. The van der Waals surface area contributed by atoms with Crippen LogP contribution in [0.15, 0.2) is 36.5 Å². The van der Waals surface area contributed by atoms with Crippen LogP contribution in [0.25, 0.3) is 0 Å². The zero-order valence-corrected chi connectivity index (χ0v) is 13.6. The van der Waals surface area contributed by atoms with E-state index < -0.39 is 0 Å². The molecule has 0 saturated carbocycles. The molecule has 2 aromatic rings. The number of pyridine rings is 1. The highest BCUT2D eigenvalue weighted by Gasteiger charge is 2.11. The van der Waals surface area contributed by atoms with Crippen LogP contribution in [0.2, 0.25) is 10.0 Å². The number of nitrogens with one attached hydrogen (secondary N) is 1. The van der Waals surface area contributed by atoms with Crippen molar-refractivity contribution in [1.29, 1.82) is 0 Å². The first-order chi connectivity index (χ1) is 10.1. The summed E-state index contributed by atoms with van der Waals surface area (Å²) in [7, 11) is 0. The van der Waals surface area contributed by atoms with E-state index in [0.717, 1.165) is 17.7 Å². The van der Waals surface area contributed by atoms with Crippen molar-refractivity contribution in [2.75, 3.05) is 11.9 Å². The summed E-state index contributed by atoms with van der Waals surface area (Å²) < 4.78 is 5.33. The van der Waals surface area contributed by atoms with E-state index in [1.165, 1.54) is 0 Å². The van der Waals surface area contributed by atoms with Crippen molar-refractivity contribution in [3.8, 4) is 5.88 Å². The second kappa shape index (κ2) is 7.53. The Bertz CT molecular complexity index is 587. The molecule has 112 valence electrons. The molecule has 1 aromatic heterocycles. The number of ether oxygens (including phenoxy) is 1. The first-order valence-electron chi connectivity index (χ1n) is 6.94. The van der Waals surface area contributed by atoms with Gasteiger partial charge in [-0.25, -0.2) is 4.98 Å². The molecule has 1 unspecified atom stereocenters. The van der Waals surface area contributed by atoms with Crippen LogP contribution < -0.4 is 10.1 Å². The lowest BCUT2D eigenvalue weighted by Gasteiger charge is -2.19. The quantitative estimate of drug-likeness (QED) is 0.777. The standard InChI is InChI=1S/C16H18Cl2N2O/c1-3-15(11-5-7-13(17)14(18)9-11)20-12-6-8-16(19-10-12)21-4-2/h5-10,15,20H,3-4H2,1-2H3. The smallest absolute Gasteiger partial charge is 0.213 e. The number of benzene rings is 1. The first-order valence-corrected chi connectivity index (χ1v) is 7.70. The van der Waals surface area contributed by atoms with Crippen LogP contribution in [0.1, 0.15) is 31.9 Å². The molecule has 3 nitrogen and oxygen atoms in total. The van der Waals surface area contributed by atoms with E-state index in [0.29, 0.717) is 22.5 Å². The summed E-state index contributed by atoms with van der Waals surface area (Å²) in [6.07, 6.45) is 2.69. The van der Waals surface area contributed by atoms with Gasteiger partial charge in [0.2, 0.25) is 5.88 Å². The van der Waals surface area contributed by atoms with E-state index in [9.17, 15) is 0 Å². The van der Waals surface area contributed by atoms with E-state index >= 15 is 0 Å². The number of halogens is 2. The summed E-state index contributed by atoms with van der Waals surface area (Å²) in [5.41, 5.74) is 2.04. The summed E-state index contributed by atoms with van der Waals surface area (Å²) in [6, 6.07) is 9.66. The molecular formula is C16H18Cl2N2O. The first kappa shape index (κ1) is 15.9. The van der Waals surface area contributed by atoms with Crippen LogP contribution in [-0.2, 0) is 0 Å². The zero-order chi connectivity index (χ0) is 15.2. The SMILES string of the molecule is CCOc1ccc(NC(CC)c2ccc(Cl)c(Cl)c2)cn1. The van der Waals surface area contributed by atoms with Gasteiger partial charge in [0.1, 0.15) is 0 Å². The minimum Gasteiger partial charge on any atom is -0.478 e. The molecule has 0 amide bonds. The molecule has 1 atom stereocenters. The van der Waals surface area contributed by atoms with Crippen LogP contribution >= 0.6 is 23.2 Å². The largest absolute Gasteiger partial charge is 0.478 e. The monoisotopic (exact) mass is 324 g/mol. The summed E-state index contributed by atoms with van der Waals surface area (Å²) in [4.78, 5) is 4.25. The lowest BCUT2D eigenvalue weighted by Crippen LogP contribution is -2.10. The molecule has 0 spiro atoms. The zero-order valence-electron chi connectivity index (χ0n) is 12.1. The number of anilines is 1. The van der Waals surface area contributed by atoms with Crippen molar-refractivity contribution in [3.63, 3.8) is 0 Å². The molecule has 21 heavy (non-hydrogen) atoms. The molecule has 0 saturated heterocycles. The highest BCUT2D eigenvalue weighted by molar-refractivity contribution is 6.42. The third kappa shape index (κ3) is 4.26. The minimum atomic E-state index is 0.152. The predicted molar refractivity (Wildman–Crippen MR) is 88.5 cm³/mol. The van der Waals surface area contributed by atoms with Crippen LogP contribution in [0.4, 0.5) is 5.69 Å². The Kier molecular flexibility index (Phi) is 5.71. The van der Waals surface area contributed by atoms with Gasteiger partial charge < -0.3 is 10.1 Å². The maximum Gasteiger partial charge on any atom is 0.213 e. The molecule has 2 rings (SSSR count). The average molecular weight is 325 g/mol. The number of hydrogen-bond donors (Lipinski definition) is 1. The predicted octanol–water partition coefficient (Wildman–Crippen LogP) is 5.35. The summed E-state index contributed by atoms with van der Waals surface area (Å²) in [5.74, 6) is 0.630. The minimum absolute atomic E-state index is 0.152. The highest BCUT2D eigenvalue weighted by Crippen LogP contribution is 2.29. The van der Waals surface area contributed by atoms with Gasteiger partial charge in [-0.3, -0.25) is 0 Å². The Morgan fingerprint density at radius 2 is 1.95 bits per heavy atom. The average Bonchev–Trinajstić information content (AvgIpc) is 2.50.